The fraction of sp³-hybridized carbons (Fsp3) is 0.560. The van der Waals surface area contributed by atoms with Crippen molar-refractivity contribution in [1.29, 1.82) is 0 Å². The number of aliphatic imine (C=N–C) groups is 1. The van der Waals surface area contributed by atoms with E-state index in [4.69, 9.17) is 4.98 Å². The number of benzene rings is 1. The maximum atomic E-state index is 11.2. The number of anilines is 1. The lowest BCUT2D eigenvalue weighted by atomic mass is 9.98. The molecule has 1 aliphatic heterocycles. The first-order chi connectivity index (χ1) is 15.5. The minimum absolute atomic E-state index is 0.490. The topological polar surface area (TPSA) is 65.8 Å². The zero-order chi connectivity index (χ0) is 22.5. The van der Waals surface area contributed by atoms with Crippen LogP contribution in [0.5, 0.6) is 0 Å². The standard InChI is InChI=1S/C25H33N3O2S2/c1-3-4-8-17(2)14-28(15-18-9-6-5-7-10-18)19-11-12-20-22(13-19)32-24(26-20)23-27-21(16-31-23)25(29)30/h9,11-13,17,21H,3-8,10,14-16H2,1-2H3,(H,29,30). The van der Waals surface area contributed by atoms with Crippen LogP contribution in [0.3, 0.4) is 0 Å². The molecule has 32 heavy (non-hydrogen) atoms. The van der Waals surface area contributed by atoms with Gasteiger partial charge in [-0.15, -0.1) is 23.1 Å². The van der Waals surface area contributed by atoms with E-state index < -0.39 is 12.0 Å². The molecule has 5 nitrogen and oxygen atoms in total. The molecule has 2 aliphatic rings. The molecule has 0 bridgehead atoms. The Kier molecular flexibility index (Phi) is 7.89. The number of aliphatic carboxylic acids is 1. The van der Waals surface area contributed by atoms with Crippen LogP contribution in [0.15, 0.2) is 34.8 Å². The van der Waals surface area contributed by atoms with Crippen LogP contribution in [0.2, 0.25) is 0 Å². The van der Waals surface area contributed by atoms with E-state index in [2.05, 4.69) is 48.0 Å². The number of carboxylic acid groups (broad SMARTS) is 1. The first-order valence-electron chi connectivity index (χ1n) is 11.8. The molecule has 0 saturated carbocycles. The van der Waals surface area contributed by atoms with E-state index in [0.717, 1.165) is 33.4 Å². The Bertz CT molecular complexity index is 1010. The molecule has 1 aromatic heterocycles. The number of hydrogen-bond acceptors (Lipinski definition) is 6. The minimum atomic E-state index is -0.860. The summed E-state index contributed by atoms with van der Waals surface area (Å²) < 4.78 is 1.14. The van der Waals surface area contributed by atoms with Gasteiger partial charge in [-0.3, -0.25) is 4.99 Å². The number of carbonyl (C=O) groups is 1. The average Bonchev–Trinajstić information content (AvgIpc) is 3.44. The van der Waals surface area contributed by atoms with Crippen molar-refractivity contribution in [3.05, 3.63) is 34.9 Å². The molecule has 1 aromatic carbocycles. The molecule has 1 N–H and O–H groups in total. The third-order valence-electron chi connectivity index (χ3n) is 6.22. The number of fused-ring (bicyclic) bond motifs is 1. The van der Waals surface area contributed by atoms with Crippen molar-refractivity contribution in [2.75, 3.05) is 23.7 Å². The fourth-order valence-electron chi connectivity index (χ4n) is 4.39. The predicted molar refractivity (Wildman–Crippen MR) is 137 cm³/mol. The third-order valence-corrected chi connectivity index (χ3v) is 8.43. The van der Waals surface area contributed by atoms with Crippen LogP contribution in [0, 0.1) is 5.92 Å². The highest BCUT2D eigenvalue weighted by Gasteiger charge is 2.27. The molecule has 4 rings (SSSR count). The second kappa shape index (κ2) is 10.8. The van der Waals surface area contributed by atoms with E-state index in [9.17, 15) is 9.90 Å². The van der Waals surface area contributed by atoms with E-state index in [1.165, 1.54) is 62.4 Å². The number of hydrogen-bond donors (Lipinski definition) is 1. The molecule has 2 heterocycles. The Morgan fingerprint density at radius 3 is 2.94 bits per heavy atom. The normalized spacial score (nSPS) is 19.6. The van der Waals surface area contributed by atoms with Crippen molar-refractivity contribution < 1.29 is 9.90 Å². The van der Waals surface area contributed by atoms with Gasteiger partial charge in [0.2, 0.25) is 0 Å². The van der Waals surface area contributed by atoms with Crippen molar-refractivity contribution >= 4 is 50.0 Å². The molecule has 2 aromatic rings. The van der Waals surface area contributed by atoms with Crippen molar-refractivity contribution in [2.45, 2.75) is 64.8 Å². The highest BCUT2D eigenvalue weighted by atomic mass is 32.2. The molecule has 0 amide bonds. The SMILES string of the molecule is CCCCC(C)CN(CC1=CCCCC1)c1ccc2nc(C3=NC(C(=O)O)CS3)sc2c1. The summed E-state index contributed by atoms with van der Waals surface area (Å²) in [6, 6.07) is 5.92. The summed E-state index contributed by atoms with van der Waals surface area (Å²) in [6.07, 6.45) is 11.3. The van der Waals surface area contributed by atoms with Gasteiger partial charge in [0, 0.05) is 24.5 Å². The number of nitrogens with zero attached hydrogens (tertiary/aromatic N) is 3. The first kappa shape index (κ1) is 23.3. The Hall–Kier alpha value is -1.86. The highest BCUT2D eigenvalue weighted by Crippen LogP contribution is 2.33. The van der Waals surface area contributed by atoms with Crippen LogP contribution in [-0.2, 0) is 4.79 Å². The Labute approximate surface area is 199 Å². The molecule has 2 unspecified atom stereocenters. The lowest BCUT2D eigenvalue weighted by molar-refractivity contribution is -0.137. The second-order valence-electron chi connectivity index (χ2n) is 9.01. The highest BCUT2D eigenvalue weighted by molar-refractivity contribution is 8.15. The number of thioether (sulfide) groups is 1. The largest absolute Gasteiger partial charge is 0.480 e. The monoisotopic (exact) mass is 471 g/mol. The molecule has 0 fully saturated rings. The van der Waals surface area contributed by atoms with E-state index in [-0.39, 0.29) is 0 Å². The van der Waals surface area contributed by atoms with Gasteiger partial charge in [0.05, 0.1) is 10.2 Å². The van der Waals surface area contributed by atoms with E-state index in [1.807, 2.05) is 0 Å². The number of unbranched alkanes of at least 4 members (excludes halogenated alkanes) is 1. The maximum absolute atomic E-state index is 11.2. The van der Waals surface area contributed by atoms with Gasteiger partial charge >= 0.3 is 5.97 Å². The molecule has 0 spiro atoms. The van der Waals surface area contributed by atoms with Gasteiger partial charge in [-0.2, -0.15) is 0 Å². The van der Waals surface area contributed by atoms with Gasteiger partial charge in [-0.25, -0.2) is 9.78 Å². The predicted octanol–water partition coefficient (Wildman–Crippen LogP) is 6.38. The summed E-state index contributed by atoms with van der Waals surface area (Å²) in [5.41, 5.74) is 3.79. The third kappa shape index (κ3) is 5.73. The zero-order valence-corrected chi connectivity index (χ0v) is 20.7. The van der Waals surface area contributed by atoms with Crippen LogP contribution < -0.4 is 4.90 Å². The summed E-state index contributed by atoms with van der Waals surface area (Å²) in [5.74, 6) is 0.287. The van der Waals surface area contributed by atoms with Gasteiger partial charge in [-0.1, -0.05) is 38.3 Å². The van der Waals surface area contributed by atoms with Crippen molar-refractivity contribution in [1.82, 2.24) is 4.98 Å². The Morgan fingerprint density at radius 2 is 2.22 bits per heavy atom. The van der Waals surface area contributed by atoms with E-state index in [1.54, 1.807) is 16.9 Å². The number of allylic oxidation sites excluding steroid dienone is 1. The van der Waals surface area contributed by atoms with Crippen LogP contribution >= 0.6 is 23.1 Å². The lowest BCUT2D eigenvalue weighted by Crippen LogP contribution is -2.31. The number of rotatable bonds is 10. The quantitative estimate of drug-likeness (QED) is 0.408. The molecule has 0 radical (unpaired) electrons. The summed E-state index contributed by atoms with van der Waals surface area (Å²) in [7, 11) is 0. The van der Waals surface area contributed by atoms with Crippen molar-refractivity contribution in [2.24, 2.45) is 10.9 Å². The minimum Gasteiger partial charge on any atom is -0.480 e. The van der Waals surface area contributed by atoms with Crippen molar-refractivity contribution in [3.63, 3.8) is 0 Å². The molecule has 7 heteroatoms. The van der Waals surface area contributed by atoms with Crippen LogP contribution in [0.1, 0.15) is 63.8 Å². The fourth-order valence-corrected chi connectivity index (χ4v) is 6.49. The Morgan fingerprint density at radius 1 is 1.34 bits per heavy atom. The van der Waals surface area contributed by atoms with Crippen LogP contribution in [0.4, 0.5) is 5.69 Å². The summed E-state index contributed by atoms with van der Waals surface area (Å²) in [5, 5.41) is 10.8. The van der Waals surface area contributed by atoms with Crippen LogP contribution in [-0.4, -0.2) is 46.0 Å². The molecular formula is C25H33N3O2S2. The van der Waals surface area contributed by atoms with Gasteiger partial charge in [0.25, 0.3) is 0 Å². The summed E-state index contributed by atoms with van der Waals surface area (Å²) >= 11 is 3.12. The average molecular weight is 472 g/mol. The second-order valence-corrected chi connectivity index (χ2v) is 11.0. The van der Waals surface area contributed by atoms with Gasteiger partial charge < -0.3 is 10.0 Å². The maximum Gasteiger partial charge on any atom is 0.329 e. The first-order valence-corrected chi connectivity index (χ1v) is 13.6. The molecule has 2 atom stereocenters. The number of aromatic nitrogens is 1. The van der Waals surface area contributed by atoms with Gasteiger partial charge in [0.15, 0.2) is 6.04 Å². The van der Waals surface area contributed by atoms with Gasteiger partial charge in [-0.05, 0) is 56.2 Å². The number of carboxylic acids is 1. The Balaban J connectivity index is 1.57. The summed E-state index contributed by atoms with van der Waals surface area (Å²) in [4.78, 5) is 22.9. The zero-order valence-electron chi connectivity index (χ0n) is 19.0. The molecule has 0 saturated heterocycles. The molecule has 172 valence electrons. The van der Waals surface area contributed by atoms with Crippen molar-refractivity contribution in [3.8, 4) is 0 Å². The molecular weight excluding hydrogens is 438 g/mol. The number of thiazole rings is 1. The van der Waals surface area contributed by atoms with E-state index >= 15 is 0 Å². The van der Waals surface area contributed by atoms with Gasteiger partial charge in [0.1, 0.15) is 10.1 Å². The lowest BCUT2D eigenvalue weighted by Gasteiger charge is -2.30. The van der Waals surface area contributed by atoms with Crippen LogP contribution in [0.25, 0.3) is 10.2 Å². The smallest absolute Gasteiger partial charge is 0.329 e. The summed E-state index contributed by atoms with van der Waals surface area (Å²) in [6.45, 7) is 6.71. The van der Waals surface area contributed by atoms with E-state index in [0.29, 0.717) is 11.7 Å². The molecule has 1 aliphatic carbocycles.